The molecule has 0 aliphatic rings. The molecule has 228 valence electrons. The van der Waals surface area contributed by atoms with Gasteiger partial charge < -0.3 is 18.9 Å². The predicted molar refractivity (Wildman–Crippen MR) is 172 cm³/mol. The first kappa shape index (κ1) is 34.3. The number of ether oxygens (including phenoxy) is 4. The molecule has 0 aliphatic carbocycles. The Hall–Kier alpha value is -2.95. The summed E-state index contributed by atoms with van der Waals surface area (Å²) in [6.45, 7) is 22.0. The third-order valence-electron chi connectivity index (χ3n) is 6.83. The zero-order valence-electron chi connectivity index (χ0n) is 27.0. The molecule has 5 nitrogen and oxygen atoms in total. The summed E-state index contributed by atoms with van der Waals surface area (Å²) in [5.74, 6) is 5.11. The van der Waals surface area contributed by atoms with Crippen LogP contribution in [0.5, 0.6) is 23.0 Å². The number of aldehydes is 1. The van der Waals surface area contributed by atoms with Gasteiger partial charge in [0.05, 0.1) is 32.0 Å². The molecule has 0 bridgehead atoms. The van der Waals surface area contributed by atoms with Crippen LogP contribution in [0.4, 0.5) is 0 Å². The van der Waals surface area contributed by atoms with Crippen molar-refractivity contribution in [2.24, 2.45) is 23.7 Å². The van der Waals surface area contributed by atoms with E-state index < -0.39 is 0 Å². The first-order valence-electron chi connectivity index (χ1n) is 15.5. The summed E-state index contributed by atoms with van der Waals surface area (Å²) in [5.41, 5.74) is 3.35. The molecular weight excluding hydrogens is 512 g/mol. The van der Waals surface area contributed by atoms with Crippen molar-refractivity contribution in [2.75, 3.05) is 26.4 Å². The number of benzene rings is 2. The van der Waals surface area contributed by atoms with Crippen molar-refractivity contribution in [3.8, 4) is 23.0 Å². The Bertz CT molecular complexity index is 1100. The van der Waals surface area contributed by atoms with E-state index in [1.807, 2.05) is 18.2 Å². The van der Waals surface area contributed by atoms with Gasteiger partial charge in [0, 0.05) is 11.1 Å². The van der Waals surface area contributed by atoms with Crippen molar-refractivity contribution in [1.82, 2.24) is 0 Å². The van der Waals surface area contributed by atoms with Gasteiger partial charge in [-0.15, -0.1) is 0 Å². The average molecular weight is 567 g/mol. The number of carbonyl (C=O) groups is 1. The largest absolute Gasteiger partial charge is 0.493 e. The summed E-state index contributed by atoms with van der Waals surface area (Å²) in [7, 11) is 0. The third kappa shape index (κ3) is 12.6. The molecule has 0 saturated carbocycles. The van der Waals surface area contributed by atoms with Crippen LogP contribution in [0.3, 0.4) is 0 Å². The minimum atomic E-state index is 0.499. The molecule has 0 aromatic heterocycles. The lowest BCUT2D eigenvalue weighted by atomic mass is 10.0. The van der Waals surface area contributed by atoms with Crippen LogP contribution in [0, 0.1) is 30.6 Å². The van der Waals surface area contributed by atoms with Crippen LogP contribution in [-0.4, -0.2) is 32.7 Å². The summed E-state index contributed by atoms with van der Waals surface area (Å²) in [4.78, 5) is 12.0. The Balaban J connectivity index is 2.48. The maximum atomic E-state index is 12.0. The van der Waals surface area contributed by atoms with Gasteiger partial charge in [-0.2, -0.15) is 0 Å². The van der Waals surface area contributed by atoms with Gasteiger partial charge in [-0.25, -0.2) is 0 Å². The van der Waals surface area contributed by atoms with Crippen molar-refractivity contribution >= 4 is 18.4 Å². The molecular formula is C36H54O5. The first-order valence-corrected chi connectivity index (χ1v) is 15.5. The van der Waals surface area contributed by atoms with Crippen molar-refractivity contribution in [1.29, 1.82) is 0 Å². The molecule has 0 atom stereocenters. The first-order chi connectivity index (χ1) is 19.5. The molecule has 0 heterocycles. The molecule has 2 aromatic carbocycles. The quantitative estimate of drug-likeness (QED) is 0.125. The van der Waals surface area contributed by atoms with Crippen LogP contribution in [-0.2, 0) is 0 Å². The van der Waals surface area contributed by atoms with Crippen LogP contribution in [0.1, 0.15) is 108 Å². The minimum Gasteiger partial charge on any atom is -0.493 e. The van der Waals surface area contributed by atoms with E-state index in [1.54, 1.807) is 6.07 Å². The maximum absolute atomic E-state index is 12.0. The lowest BCUT2D eigenvalue weighted by Crippen LogP contribution is -2.06. The fourth-order valence-electron chi connectivity index (χ4n) is 3.95. The summed E-state index contributed by atoms with van der Waals surface area (Å²) < 4.78 is 24.7. The van der Waals surface area contributed by atoms with E-state index in [-0.39, 0.29) is 0 Å². The number of rotatable bonds is 19. The van der Waals surface area contributed by atoms with Gasteiger partial charge in [0.15, 0.2) is 6.29 Å². The molecule has 41 heavy (non-hydrogen) atoms. The lowest BCUT2D eigenvalue weighted by molar-refractivity contribution is 0.111. The van der Waals surface area contributed by atoms with Crippen LogP contribution >= 0.6 is 0 Å². The fourth-order valence-corrected chi connectivity index (χ4v) is 3.95. The molecule has 0 unspecified atom stereocenters. The van der Waals surface area contributed by atoms with E-state index in [0.717, 1.165) is 60.2 Å². The van der Waals surface area contributed by atoms with E-state index in [4.69, 9.17) is 18.9 Å². The lowest BCUT2D eigenvalue weighted by Gasteiger charge is -2.17. The van der Waals surface area contributed by atoms with E-state index in [1.165, 1.54) is 0 Å². The second-order valence-electron chi connectivity index (χ2n) is 12.7. The Morgan fingerprint density at radius 3 is 1.22 bits per heavy atom. The van der Waals surface area contributed by atoms with Crippen LogP contribution < -0.4 is 18.9 Å². The van der Waals surface area contributed by atoms with Crippen LogP contribution in [0.25, 0.3) is 12.2 Å². The highest BCUT2D eigenvalue weighted by molar-refractivity contribution is 5.84. The molecule has 5 heteroatoms. The highest BCUT2D eigenvalue weighted by Gasteiger charge is 2.14. The van der Waals surface area contributed by atoms with Crippen molar-refractivity contribution in [3.05, 3.63) is 46.5 Å². The molecule has 0 radical (unpaired) electrons. The average Bonchev–Trinajstić information content (AvgIpc) is 2.89. The standard InChI is InChI=1S/C36H54O5/c1-25(2)12-16-38-33-21-30(34(20-29(33)9)39-17-13-26(3)4)10-11-31-22-36(41-19-15-28(7)8)32(24-37)23-35(31)40-18-14-27(5)6/h10-11,20-28H,12-19H2,1-9H3/b11-10+. The highest BCUT2D eigenvalue weighted by atomic mass is 16.5. The van der Waals surface area contributed by atoms with Gasteiger partial charge in [-0.05, 0) is 86.1 Å². The smallest absolute Gasteiger partial charge is 0.153 e. The van der Waals surface area contributed by atoms with Gasteiger partial charge in [0.25, 0.3) is 0 Å². The summed E-state index contributed by atoms with van der Waals surface area (Å²) in [6, 6.07) is 7.85. The van der Waals surface area contributed by atoms with Crippen molar-refractivity contribution in [3.63, 3.8) is 0 Å². The molecule has 0 fully saturated rings. The molecule has 0 amide bonds. The third-order valence-corrected chi connectivity index (χ3v) is 6.83. The van der Waals surface area contributed by atoms with E-state index in [0.29, 0.717) is 67.2 Å². The number of hydrogen-bond acceptors (Lipinski definition) is 5. The summed E-state index contributed by atoms with van der Waals surface area (Å²) in [5, 5.41) is 0. The predicted octanol–water partition coefficient (Wildman–Crippen LogP) is 9.68. The SMILES string of the molecule is Cc1cc(OCCC(C)C)c(/C=C/c2cc(OCCC(C)C)c(C=O)cc2OCCC(C)C)cc1OCCC(C)C. The van der Waals surface area contributed by atoms with E-state index in [2.05, 4.69) is 74.4 Å². The molecule has 2 aromatic rings. The Morgan fingerprint density at radius 2 is 0.829 bits per heavy atom. The van der Waals surface area contributed by atoms with Crippen molar-refractivity contribution < 1.29 is 23.7 Å². The van der Waals surface area contributed by atoms with Crippen LogP contribution in [0.2, 0.25) is 0 Å². The summed E-state index contributed by atoms with van der Waals surface area (Å²) in [6.07, 6.45) is 8.72. The Kier molecular flexibility index (Phi) is 14.8. The molecule has 0 N–H and O–H groups in total. The minimum absolute atomic E-state index is 0.499. The maximum Gasteiger partial charge on any atom is 0.153 e. The second kappa shape index (κ2) is 17.8. The van der Waals surface area contributed by atoms with E-state index in [9.17, 15) is 4.79 Å². The second-order valence-corrected chi connectivity index (χ2v) is 12.7. The molecule has 2 rings (SSSR count). The number of hydrogen-bond donors (Lipinski definition) is 0. The highest BCUT2D eigenvalue weighted by Crippen LogP contribution is 2.34. The van der Waals surface area contributed by atoms with Gasteiger partial charge in [-0.3, -0.25) is 4.79 Å². The Labute approximate surface area is 249 Å². The monoisotopic (exact) mass is 566 g/mol. The molecule has 0 aliphatic heterocycles. The Morgan fingerprint density at radius 1 is 0.512 bits per heavy atom. The van der Waals surface area contributed by atoms with E-state index >= 15 is 0 Å². The van der Waals surface area contributed by atoms with Gasteiger partial charge in [0.1, 0.15) is 23.0 Å². The van der Waals surface area contributed by atoms with Gasteiger partial charge in [-0.1, -0.05) is 67.5 Å². The molecule has 0 saturated heterocycles. The zero-order valence-corrected chi connectivity index (χ0v) is 27.0. The molecule has 0 spiro atoms. The zero-order chi connectivity index (χ0) is 30.4. The topological polar surface area (TPSA) is 54.0 Å². The van der Waals surface area contributed by atoms with Gasteiger partial charge >= 0.3 is 0 Å². The van der Waals surface area contributed by atoms with Crippen molar-refractivity contribution in [2.45, 2.75) is 88.0 Å². The number of aryl methyl sites for hydroxylation is 1. The number of carbonyl (C=O) groups excluding carboxylic acids is 1. The fraction of sp³-hybridized carbons (Fsp3) is 0.583. The van der Waals surface area contributed by atoms with Crippen LogP contribution in [0.15, 0.2) is 24.3 Å². The van der Waals surface area contributed by atoms with Gasteiger partial charge in [0.2, 0.25) is 0 Å². The normalized spacial score (nSPS) is 11.7. The summed E-state index contributed by atoms with van der Waals surface area (Å²) >= 11 is 0.